The topological polar surface area (TPSA) is 74.6 Å². The number of carboxylic acid groups (broad SMARTS) is 1. The second-order valence-corrected chi connectivity index (χ2v) is 8.30. The average molecular weight is 407 g/mol. The molecule has 0 bridgehead atoms. The molecular weight excluding hydrogens is 387 g/mol. The second-order valence-electron chi connectivity index (χ2n) is 8.30. The first-order valence-corrected chi connectivity index (χ1v) is 9.72. The Balaban J connectivity index is 1.80. The Morgan fingerprint density at radius 2 is 1.90 bits per heavy atom. The highest BCUT2D eigenvalue weighted by Gasteiger charge is 2.45. The SMILES string of the molecule is CN1C(c2c(F)c(F)c3c(=O)c(C(=O)O)cn(C4CC4)c3c2F)CC2CNCC21. The third-order valence-electron chi connectivity index (χ3n) is 6.68. The fourth-order valence-corrected chi connectivity index (χ4v) is 5.04. The maximum atomic E-state index is 15.7. The fourth-order valence-electron chi connectivity index (χ4n) is 5.04. The number of benzene rings is 1. The normalized spacial score (nSPS) is 27.0. The number of likely N-dealkylation sites (tertiary alicyclic amines) is 1. The van der Waals surface area contributed by atoms with E-state index in [4.69, 9.17) is 0 Å². The van der Waals surface area contributed by atoms with Crippen LogP contribution in [0, 0.1) is 23.4 Å². The van der Waals surface area contributed by atoms with Gasteiger partial charge in [-0.1, -0.05) is 0 Å². The van der Waals surface area contributed by atoms with E-state index in [9.17, 15) is 14.7 Å². The van der Waals surface area contributed by atoms with E-state index >= 15 is 13.2 Å². The van der Waals surface area contributed by atoms with Crippen molar-refractivity contribution in [3.63, 3.8) is 0 Å². The summed E-state index contributed by atoms with van der Waals surface area (Å²) < 4.78 is 47.2. The van der Waals surface area contributed by atoms with E-state index in [0.29, 0.717) is 25.8 Å². The molecular formula is C20H20F3N3O3. The highest BCUT2D eigenvalue weighted by molar-refractivity contribution is 5.93. The molecule has 2 aliphatic heterocycles. The summed E-state index contributed by atoms with van der Waals surface area (Å²) in [5.74, 6) is -5.18. The van der Waals surface area contributed by atoms with Crippen LogP contribution in [0.25, 0.3) is 10.9 Å². The van der Waals surface area contributed by atoms with E-state index in [1.807, 2.05) is 4.90 Å². The Hall–Kier alpha value is -2.39. The number of pyridine rings is 1. The minimum absolute atomic E-state index is 0.109. The Labute approximate surface area is 163 Å². The minimum Gasteiger partial charge on any atom is -0.477 e. The third-order valence-corrected chi connectivity index (χ3v) is 6.68. The molecule has 29 heavy (non-hydrogen) atoms. The molecule has 154 valence electrons. The number of likely N-dealkylation sites (N-methyl/N-ethyl adjacent to an activating group) is 1. The van der Waals surface area contributed by atoms with E-state index in [2.05, 4.69) is 5.32 Å². The Morgan fingerprint density at radius 3 is 2.52 bits per heavy atom. The first kappa shape index (κ1) is 18.6. The van der Waals surface area contributed by atoms with Crippen molar-refractivity contribution in [1.82, 2.24) is 14.8 Å². The van der Waals surface area contributed by atoms with Crippen molar-refractivity contribution in [3.8, 4) is 0 Å². The molecule has 3 atom stereocenters. The molecule has 9 heteroatoms. The molecule has 2 aromatic rings. The van der Waals surface area contributed by atoms with Gasteiger partial charge in [-0.3, -0.25) is 9.69 Å². The molecule has 0 spiro atoms. The van der Waals surface area contributed by atoms with Gasteiger partial charge in [-0.2, -0.15) is 0 Å². The first-order chi connectivity index (χ1) is 13.8. The van der Waals surface area contributed by atoms with Crippen LogP contribution < -0.4 is 10.7 Å². The highest BCUT2D eigenvalue weighted by atomic mass is 19.2. The molecule has 1 aliphatic carbocycles. The van der Waals surface area contributed by atoms with Crippen molar-refractivity contribution in [1.29, 1.82) is 0 Å². The van der Waals surface area contributed by atoms with Crippen LogP contribution in [0.15, 0.2) is 11.0 Å². The lowest BCUT2D eigenvalue weighted by Gasteiger charge is -2.26. The van der Waals surface area contributed by atoms with Gasteiger partial charge in [0.25, 0.3) is 0 Å². The first-order valence-electron chi connectivity index (χ1n) is 9.72. The zero-order chi connectivity index (χ0) is 20.6. The van der Waals surface area contributed by atoms with Gasteiger partial charge in [-0.05, 0) is 38.8 Å². The number of carboxylic acids is 1. The summed E-state index contributed by atoms with van der Waals surface area (Å²) in [5.41, 5.74) is -2.59. The maximum Gasteiger partial charge on any atom is 0.341 e. The van der Waals surface area contributed by atoms with Crippen molar-refractivity contribution < 1.29 is 23.1 Å². The number of rotatable bonds is 3. The van der Waals surface area contributed by atoms with Crippen LogP contribution in [0.2, 0.25) is 0 Å². The van der Waals surface area contributed by atoms with Crippen molar-refractivity contribution in [2.24, 2.45) is 5.92 Å². The zero-order valence-electron chi connectivity index (χ0n) is 15.7. The lowest BCUT2D eigenvalue weighted by Crippen LogP contribution is -2.33. The predicted molar refractivity (Wildman–Crippen MR) is 98.6 cm³/mol. The van der Waals surface area contributed by atoms with Crippen molar-refractivity contribution >= 4 is 16.9 Å². The number of aromatic carboxylic acids is 1. The summed E-state index contributed by atoms with van der Waals surface area (Å²) in [6.07, 6.45) is 2.85. The van der Waals surface area contributed by atoms with Gasteiger partial charge in [0.1, 0.15) is 5.56 Å². The molecule has 3 heterocycles. The summed E-state index contributed by atoms with van der Waals surface area (Å²) in [7, 11) is 1.77. The molecule has 3 unspecified atom stereocenters. The number of hydrogen-bond donors (Lipinski definition) is 2. The standard InChI is InChI=1S/C20H20F3N3O3/c1-25-11(4-8-5-24-6-12(8)25)13-15(21)16(22)14-18(17(13)23)26(9-2-3-9)7-10(19(14)27)20(28)29/h7-9,11-12,24H,2-6H2,1H3,(H,28,29). The van der Waals surface area contributed by atoms with Crippen molar-refractivity contribution in [3.05, 3.63) is 45.0 Å². The zero-order valence-corrected chi connectivity index (χ0v) is 15.7. The van der Waals surface area contributed by atoms with Crippen LogP contribution in [0.1, 0.15) is 47.3 Å². The van der Waals surface area contributed by atoms with Crippen LogP contribution in [0.3, 0.4) is 0 Å². The van der Waals surface area contributed by atoms with E-state index in [1.54, 1.807) is 7.05 Å². The van der Waals surface area contributed by atoms with Crippen molar-refractivity contribution in [2.75, 3.05) is 20.1 Å². The molecule has 1 aromatic carbocycles. The van der Waals surface area contributed by atoms with Gasteiger partial charge in [-0.25, -0.2) is 18.0 Å². The lowest BCUT2D eigenvalue weighted by molar-refractivity contribution is 0.0694. The summed E-state index contributed by atoms with van der Waals surface area (Å²) in [4.78, 5) is 25.9. The molecule has 6 nitrogen and oxygen atoms in total. The molecule has 2 N–H and O–H groups in total. The van der Waals surface area contributed by atoms with Gasteiger partial charge in [0, 0.05) is 36.4 Å². The van der Waals surface area contributed by atoms with Crippen LogP contribution in [0.5, 0.6) is 0 Å². The van der Waals surface area contributed by atoms with Gasteiger partial charge in [0.2, 0.25) is 5.43 Å². The number of fused-ring (bicyclic) bond motifs is 2. The van der Waals surface area contributed by atoms with E-state index in [-0.39, 0.29) is 29.1 Å². The summed E-state index contributed by atoms with van der Waals surface area (Å²) in [6, 6.07) is -0.765. The Morgan fingerprint density at radius 1 is 1.17 bits per heavy atom. The van der Waals surface area contributed by atoms with Crippen LogP contribution in [0.4, 0.5) is 13.2 Å². The molecule has 3 fully saturated rings. The molecule has 2 saturated heterocycles. The predicted octanol–water partition coefficient (Wildman–Crippen LogP) is 2.42. The summed E-state index contributed by atoms with van der Waals surface area (Å²) in [5, 5.41) is 11.7. The van der Waals surface area contributed by atoms with Gasteiger partial charge < -0.3 is 15.0 Å². The lowest BCUT2D eigenvalue weighted by atomic mass is 9.95. The fraction of sp³-hybridized carbons (Fsp3) is 0.500. The number of halogens is 3. The van der Waals surface area contributed by atoms with Gasteiger partial charge in [-0.15, -0.1) is 0 Å². The summed E-state index contributed by atoms with van der Waals surface area (Å²) in [6.45, 7) is 1.44. The number of aromatic nitrogens is 1. The van der Waals surface area contributed by atoms with E-state index in [1.165, 1.54) is 4.57 Å². The smallest absolute Gasteiger partial charge is 0.341 e. The molecule has 0 amide bonds. The Kier molecular flexibility index (Phi) is 4.05. The third kappa shape index (κ3) is 2.56. The van der Waals surface area contributed by atoms with Crippen LogP contribution in [-0.2, 0) is 0 Å². The average Bonchev–Trinajstić information content (AvgIpc) is 3.34. The second kappa shape index (κ2) is 6.30. The van der Waals surface area contributed by atoms with Crippen LogP contribution >= 0.6 is 0 Å². The number of nitrogens with one attached hydrogen (secondary N) is 1. The van der Waals surface area contributed by atoms with E-state index in [0.717, 1.165) is 12.7 Å². The van der Waals surface area contributed by atoms with Gasteiger partial charge >= 0.3 is 5.97 Å². The van der Waals surface area contributed by atoms with E-state index < -0.39 is 45.8 Å². The highest BCUT2D eigenvalue weighted by Crippen LogP contribution is 2.45. The van der Waals surface area contributed by atoms with Crippen molar-refractivity contribution in [2.45, 2.75) is 37.4 Å². The number of carbonyl (C=O) groups is 1. The quantitative estimate of drug-likeness (QED) is 0.765. The Bertz CT molecular complexity index is 1110. The number of hydrogen-bond acceptors (Lipinski definition) is 4. The molecule has 0 radical (unpaired) electrons. The molecule has 3 aliphatic rings. The largest absolute Gasteiger partial charge is 0.477 e. The van der Waals surface area contributed by atoms with Crippen LogP contribution in [-0.4, -0.2) is 46.7 Å². The molecule has 1 saturated carbocycles. The van der Waals surface area contributed by atoms with Gasteiger partial charge in [0.05, 0.1) is 10.9 Å². The maximum absolute atomic E-state index is 15.7. The molecule has 1 aromatic heterocycles. The van der Waals surface area contributed by atoms with Gasteiger partial charge in [0.15, 0.2) is 17.5 Å². The molecule has 5 rings (SSSR count). The summed E-state index contributed by atoms with van der Waals surface area (Å²) >= 11 is 0. The number of nitrogens with zero attached hydrogens (tertiary/aromatic N) is 2. The minimum atomic E-state index is -1.55. The monoisotopic (exact) mass is 407 g/mol.